The molecule has 0 aliphatic carbocycles. The van der Waals surface area contributed by atoms with Crippen molar-refractivity contribution in [3.63, 3.8) is 0 Å². The van der Waals surface area contributed by atoms with E-state index in [0.29, 0.717) is 16.1 Å². The summed E-state index contributed by atoms with van der Waals surface area (Å²) in [4.78, 5) is 31.1. The Morgan fingerprint density at radius 3 is 2.69 bits per heavy atom. The Kier molecular flexibility index (Phi) is 4.63. The fourth-order valence-corrected chi connectivity index (χ4v) is 4.25. The average Bonchev–Trinajstić information content (AvgIpc) is 3.14. The number of hydrogen-bond acceptors (Lipinski definition) is 4. The van der Waals surface area contributed by atoms with Gasteiger partial charge in [-0.05, 0) is 37.6 Å². The predicted molar refractivity (Wildman–Crippen MR) is 115 cm³/mol. The molecule has 3 aromatic rings. The smallest absolute Gasteiger partial charge is 0.254 e. The molecular weight excluding hydrogens is 390 g/mol. The molecule has 2 aromatic carbocycles. The number of aromatic nitrogens is 1. The Balaban J connectivity index is 1.97. The second kappa shape index (κ2) is 6.90. The first-order valence-corrected chi connectivity index (χ1v) is 9.65. The van der Waals surface area contributed by atoms with Gasteiger partial charge < -0.3 is 19.9 Å². The summed E-state index contributed by atoms with van der Waals surface area (Å²) in [7, 11) is 3.30. The van der Waals surface area contributed by atoms with Gasteiger partial charge in [-0.3, -0.25) is 9.59 Å². The summed E-state index contributed by atoms with van der Waals surface area (Å²) >= 11 is 6.27. The number of nitrogens with zero attached hydrogens (tertiary/aromatic N) is 1. The average molecular weight is 412 g/mol. The minimum Gasteiger partial charge on any atom is -0.382 e. The standard InChI is InChI=1S/C22H22ClN3O3/c1-12-9-16-19(25-22(2,11-29-4)21(28)26(16)3)17-14(10-24-18(12)17)20(27)13-7-5-6-8-15(13)23/h5-10,24-25H,11H2,1-4H3/t22-/m0/s1. The highest BCUT2D eigenvalue weighted by Crippen LogP contribution is 2.43. The molecule has 150 valence electrons. The van der Waals surface area contributed by atoms with Gasteiger partial charge in [0.15, 0.2) is 5.78 Å². The molecule has 0 saturated carbocycles. The Morgan fingerprint density at radius 2 is 2.00 bits per heavy atom. The van der Waals surface area contributed by atoms with Gasteiger partial charge in [0.05, 0.1) is 34.1 Å². The molecule has 0 spiro atoms. The Hall–Kier alpha value is -2.83. The van der Waals surface area contributed by atoms with Crippen LogP contribution in [0.5, 0.6) is 0 Å². The second-order valence-corrected chi connectivity index (χ2v) is 8.01. The maximum Gasteiger partial charge on any atom is 0.254 e. The molecule has 1 atom stereocenters. The van der Waals surface area contributed by atoms with Crippen LogP contribution < -0.4 is 10.2 Å². The number of rotatable bonds is 4. The maximum atomic E-state index is 13.3. The molecule has 0 saturated heterocycles. The van der Waals surface area contributed by atoms with E-state index >= 15 is 0 Å². The van der Waals surface area contributed by atoms with Crippen LogP contribution >= 0.6 is 11.6 Å². The number of halogens is 1. The van der Waals surface area contributed by atoms with Gasteiger partial charge in [0, 0.05) is 31.3 Å². The molecule has 1 aliphatic rings. The highest BCUT2D eigenvalue weighted by molar-refractivity contribution is 6.36. The molecule has 0 unspecified atom stereocenters. The van der Waals surface area contributed by atoms with E-state index < -0.39 is 5.54 Å². The number of ketones is 1. The van der Waals surface area contributed by atoms with Crippen molar-refractivity contribution in [1.82, 2.24) is 4.98 Å². The number of hydrogen-bond donors (Lipinski definition) is 2. The number of aromatic amines is 1. The topological polar surface area (TPSA) is 74.4 Å². The summed E-state index contributed by atoms with van der Waals surface area (Å²) in [6, 6.07) is 8.93. The normalized spacial score (nSPS) is 18.7. The van der Waals surface area contributed by atoms with Crippen LogP contribution in [-0.4, -0.2) is 43.0 Å². The molecule has 29 heavy (non-hydrogen) atoms. The lowest BCUT2D eigenvalue weighted by molar-refractivity contribution is -0.124. The van der Waals surface area contributed by atoms with Crippen LogP contribution in [0.1, 0.15) is 28.4 Å². The summed E-state index contributed by atoms with van der Waals surface area (Å²) < 4.78 is 5.30. The van der Waals surface area contributed by atoms with E-state index in [9.17, 15) is 9.59 Å². The van der Waals surface area contributed by atoms with Crippen LogP contribution in [0.2, 0.25) is 5.02 Å². The number of H-pyrrole nitrogens is 1. The van der Waals surface area contributed by atoms with Crippen molar-refractivity contribution < 1.29 is 14.3 Å². The number of anilines is 2. The molecule has 1 aliphatic heterocycles. The molecule has 1 amide bonds. The molecule has 2 N–H and O–H groups in total. The van der Waals surface area contributed by atoms with E-state index in [0.717, 1.165) is 27.8 Å². The van der Waals surface area contributed by atoms with Gasteiger partial charge in [0.25, 0.3) is 5.91 Å². The number of amides is 1. The second-order valence-electron chi connectivity index (χ2n) is 7.60. The zero-order chi connectivity index (χ0) is 20.9. The summed E-state index contributed by atoms with van der Waals surface area (Å²) in [5, 5.41) is 4.49. The van der Waals surface area contributed by atoms with E-state index in [1.54, 1.807) is 56.4 Å². The van der Waals surface area contributed by atoms with E-state index in [-0.39, 0.29) is 18.3 Å². The molecule has 6 nitrogen and oxygen atoms in total. The first kappa shape index (κ1) is 19.5. The zero-order valence-electron chi connectivity index (χ0n) is 16.7. The van der Waals surface area contributed by atoms with E-state index in [2.05, 4.69) is 10.3 Å². The molecule has 0 bridgehead atoms. The number of likely N-dealkylation sites (N-methyl/N-ethyl adjacent to an activating group) is 1. The minimum absolute atomic E-state index is 0.0971. The lowest BCUT2D eigenvalue weighted by Crippen LogP contribution is -2.57. The van der Waals surface area contributed by atoms with Gasteiger partial charge in [-0.15, -0.1) is 0 Å². The minimum atomic E-state index is -0.944. The summed E-state index contributed by atoms with van der Waals surface area (Å²) in [5.74, 6) is -0.274. The SMILES string of the molecule is COC[C@]1(C)Nc2c(cc(C)c3[nH]cc(C(=O)c4ccccc4Cl)c23)N(C)C1=O. The predicted octanol–water partition coefficient (Wildman–Crippen LogP) is 4.15. The summed E-state index contributed by atoms with van der Waals surface area (Å²) in [5.41, 5.74) is 3.22. The third-order valence-corrected chi connectivity index (χ3v) is 5.80. The largest absolute Gasteiger partial charge is 0.382 e. The highest BCUT2D eigenvalue weighted by atomic mass is 35.5. The van der Waals surface area contributed by atoms with Gasteiger partial charge >= 0.3 is 0 Å². The van der Waals surface area contributed by atoms with Crippen LogP contribution in [-0.2, 0) is 9.53 Å². The summed E-state index contributed by atoms with van der Waals surface area (Å²) in [6.07, 6.45) is 1.70. The number of carbonyl (C=O) groups excluding carboxylic acids is 2. The Labute approximate surface area is 173 Å². The lowest BCUT2D eigenvalue weighted by Gasteiger charge is -2.40. The molecule has 7 heteroatoms. The third-order valence-electron chi connectivity index (χ3n) is 5.47. The fraction of sp³-hybridized carbons (Fsp3) is 0.273. The van der Waals surface area contributed by atoms with Crippen molar-refractivity contribution in [1.29, 1.82) is 0 Å². The first-order valence-electron chi connectivity index (χ1n) is 9.27. The number of carbonyl (C=O) groups is 2. The van der Waals surface area contributed by atoms with Gasteiger partial charge in [0.1, 0.15) is 5.54 Å². The molecule has 2 heterocycles. The maximum absolute atomic E-state index is 13.3. The van der Waals surface area contributed by atoms with E-state index in [1.807, 2.05) is 13.0 Å². The number of fused-ring (bicyclic) bond motifs is 3. The van der Waals surface area contributed by atoms with E-state index in [4.69, 9.17) is 16.3 Å². The summed E-state index contributed by atoms with van der Waals surface area (Å²) in [6.45, 7) is 3.94. The third kappa shape index (κ3) is 2.91. The Morgan fingerprint density at radius 1 is 1.28 bits per heavy atom. The van der Waals surface area contributed by atoms with Crippen LogP contribution in [0.25, 0.3) is 10.9 Å². The molecule has 4 rings (SSSR count). The van der Waals surface area contributed by atoms with Gasteiger partial charge in [-0.25, -0.2) is 0 Å². The van der Waals surface area contributed by atoms with Gasteiger partial charge in [0.2, 0.25) is 0 Å². The van der Waals surface area contributed by atoms with Crippen LogP contribution in [0.3, 0.4) is 0 Å². The number of methoxy groups -OCH3 is 1. The molecule has 0 radical (unpaired) electrons. The van der Waals surface area contributed by atoms with Gasteiger partial charge in [-0.1, -0.05) is 23.7 Å². The number of nitrogens with one attached hydrogen (secondary N) is 2. The van der Waals surface area contributed by atoms with Gasteiger partial charge in [-0.2, -0.15) is 0 Å². The fourth-order valence-electron chi connectivity index (χ4n) is 4.03. The van der Waals surface area contributed by atoms with Crippen molar-refractivity contribution in [2.45, 2.75) is 19.4 Å². The van der Waals surface area contributed by atoms with Crippen LogP contribution in [0.15, 0.2) is 36.5 Å². The van der Waals surface area contributed by atoms with Crippen molar-refractivity contribution in [3.05, 3.63) is 58.2 Å². The first-order chi connectivity index (χ1) is 13.8. The Bertz CT molecular complexity index is 1150. The van der Waals surface area contributed by atoms with Crippen molar-refractivity contribution in [2.24, 2.45) is 0 Å². The number of ether oxygens (including phenoxy) is 1. The number of aryl methyl sites for hydroxylation is 1. The monoisotopic (exact) mass is 411 g/mol. The lowest BCUT2D eigenvalue weighted by atomic mass is 9.92. The number of benzene rings is 2. The van der Waals surface area contributed by atoms with Crippen molar-refractivity contribution in [3.8, 4) is 0 Å². The van der Waals surface area contributed by atoms with Crippen LogP contribution in [0.4, 0.5) is 11.4 Å². The highest BCUT2D eigenvalue weighted by Gasteiger charge is 2.42. The van der Waals surface area contributed by atoms with Crippen molar-refractivity contribution in [2.75, 3.05) is 31.0 Å². The van der Waals surface area contributed by atoms with E-state index in [1.165, 1.54) is 0 Å². The molecule has 1 aromatic heterocycles. The zero-order valence-corrected chi connectivity index (χ0v) is 17.5. The molecule has 0 fully saturated rings. The quantitative estimate of drug-likeness (QED) is 0.632. The molecular formula is C22H22ClN3O3. The van der Waals surface area contributed by atoms with Crippen LogP contribution in [0, 0.1) is 6.92 Å². The van der Waals surface area contributed by atoms with Crippen molar-refractivity contribution >= 4 is 45.6 Å².